The maximum absolute atomic E-state index is 12.7. The van der Waals surface area contributed by atoms with Gasteiger partial charge in [-0.2, -0.15) is 0 Å². The quantitative estimate of drug-likeness (QED) is 0.0843. The van der Waals surface area contributed by atoms with Crippen LogP contribution in [0.1, 0.15) is 72.2 Å². The minimum absolute atomic E-state index is 0.00261. The number of carboxylic acids is 1. The van der Waals surface area contributed by atoms with Gasteiger partial charge in [0.2, 0.25) is 0 Å². The zero-order chi connectivity index (χ0) is 32.7. The van der Waals surface area contributed by atoms with Crippen LogP contribution in [0.4, 0.5) is 0 Å². The Morgan fingerprint density at radius 3 is 1.51 bits per heavy atom. The normalized spacial score (nSPS) is 12.6. The van der Waals surface area contributed by atoms with E-state index in [1.165, 1.54) is 36.5 Å². The Bertz CT molecular complexity index is 1580. The van der Waals surface area contributed by atoms with Crippen LogP contribution in [0.25, 0.3) is 20.2 Å². The summed E-state index contributed by atoms with van der Waals surface area (Å²) in [6, 6.07) is 11.1. The summed E-state index contributed by atoms with van der Waals surface area (Å²) in [5.74, 6) is 0.0838. The van der Waals surface area contributed by atoms with Gasteiger partial charge in [-0.25, -0.2) is 0 Å². The topological polar surface area (TPSA) is 125 Å². The lowest BCUT2D eigenvalue weighted by atomic mass is 10.0. The van der Waals surface area contributed by atoms with E-state index in [9.17, 15) is 19.2 Å². The predicted molar refractivity (Wildman–Crippen MR) is 176 cm³/mol. The molecule has 45 heavy (non-hydrogen) atoms. The van der Waals surface area contributed by atoms with Crippen molar-refractivity contribution in [3.63, 3.8) is 0 Å². The number of carbonyl (C=O) groups excluding carboxylic acids is 3. The van der Waals surface area contributed by atoms with Gasteiger partial charge in [0, 0.05) is 40.3 Å². The number of aliphatic carboxylic acids is 1. The van der Waals surface area contributed by atoms with Crippen LogP contribution in [0.3, 0.4) is 0 Å². The molecule has 0 saturated carbocycles. The molecule has 4 rings (SSSR count). The van der Waals surface area contributed by atoms with Crippen molar-refractivity contribution in [2.24, 2.45) is 11.8 Å². The summed E-state index contributed by atoms with van der Waals surface area (Å²) >= 11 is 2.70. The summed E-state index contributed by atoms with van der Waals surface area (Å²) in [7, 11) is 3.15. The molecule has 0 bridgehead atoms. The molecule has 4 aromatic rings. The lowest BCUT2D eigenvalue weighted by molar-refractivity contribution is -0.141. The third-order valence-electron chi connectivity index (χ3n) is 7.56. The number of ether oxygens (including phenoxy) is 4. The van der Waals surface area contributed by atoms with E-state index in [2.05, 4.69) is 0 Å². The molecule has 0 radical (unpaired) electrons. The molecule has 0 fully saturated rings. The summed E-state index contributed by atoms with van der Waals surface area (Å²) in [5, 5.41) is 10.9. The summed E-state index contributed by atoms with van der Waals surface area (Å²) < 4.78 is 24.9. The third kappa shape index (κ3) is 8.61. The van der Waals surface area contributed by atoms with E-state index in [-0.39, 0.29) is 36.1 Å². The molecular formula is C34H38O9S2. The molecule has 2 aromatic heterocycles. The van der Waals surface area contributed by atoms with E-state index >= 15 is 0 Å². The molecule has 2 atom stereocenters. The highest BCUT2D eigenvalue weighted by molar-refractivity contribution is 7.21. The Balaban J connectivity index is 1.28. The number of Topliss-reactive ketones (excluding diaryl/α,β-unsaturated/α-hetero) is 3. The van der Waals surface area contributed by atoms with Crippen LogP contribution < -0.4 is 18.9 Å². The number of hydrogen-bond donors (Lipinski definition) is 1. The van der Waals surface area contributed by atoms with Crippen molar-refractivity contribution in [2.75, 3.05) is 27.4 Å². The van der Waals surface area contributed by atoms with Crippen LogP contribution in [0.2, 0.25) is 0 Å². The summed E-state index contributed by atoms with van der Waals surface area (Å²) in [5.41, 5.74) is 0. The van der Waals surface area contributed by atoms with Crippen molar-refractivity contribution in [1.29, 1.82) is 0 Å². The Morgan fingerprint density at radius 2 is 1.11 bits per heavy atom. The number of rotatable bonds is 18. The molecular weight excluding hydrogens is 616 g/mol. The van der Waals surface area contributed by atoms with E-state index < -0.39 is 11.9 Å². The van der Waals surface area contributed by atoms with Crippen LogP contribution >= 0.6 is 22.7 Å². The van der Waals surface area contributed by atoms with Gasteiger partial charge in [0.15, 0.2) is 34.6 Å². The van der Waals surface area contributed by atoms with Gasteiger partial charge in [-0.1, -0.05) is 13.8 Å². The predicted octanol–water partition coefficient (Wildman–Crippen LogP) is 7.85. The number of carboxylic acid groups (broad SMARTS) is 1. The minimum atomic E-state index is -0.991. The van der Waals surface area contributed by atoms with E-state index in [1.807, 2.05) is 30.3 Å². The average Bonchev–Trinajstić information content (AvgIpc) is 3.63. The van der Waals surface area contributed by atoms with Gasteiger partial charge in [0.05, 0.1) is 43.1 Å². The number of carbonyl (C=O) groups is 4. The number of benzene rings is 2. The summed E-state index contributed by atoms with van der Waals surface area (Å²) in [4.78, 5) is 49.1. The molecule has 0 saturated heterocycles. The molecule has 2 heterocycles. The highest BCUT2D eigenvalue weighted by Crippen LogP contribution is 2.38. The molecule has 2 aromatic carbocycles. The van der Waals surface area contributed by atoms with Crippen molar-refractivity contribution in [3.05, 3.63) is 46.2 Å². The first-order valence-corrected chi connectivity index (χ1v) is 16.4. The van der Waals surface area contributed by atoms with Crippen molar-refractivity contribution in [3.8, 4) is 23.0 Å². The monoisotopic (exact) mass is 654 g/mol. The largest absolute Gasteiger partial charge is 0.493 e. The van der Waals surface area contributed by atoms with Crippen LogP contribution in [0, 0.1) is 11.8 Å². The van der Waals surface area contributed by atoms with Gasteiger partial charge >= 0.3 is 5.97 Å². The highest BCUT2D eigenvalue weighted by atomic mass is 32.1. The second-order valence-corrected chi connectivity index (χ2v) is 13.2. The molecule has 9 nitrogen and oxygen atoms in total. The van der Waals surface area contributed by atoms with Gasteiger partial charge in [0.25, 0.3) is 0 Å². The third-order valence-corrected chi connectivity index (χ3v) is 9.84. The Kier molecular flexibility index (Phi) is 11.6. The fourth-order valence-electron chi connectivity index (χ4n) is 4.65. The zero-order valence-corrected chi connectivity index (χ0v) is 27.7. The van der Waals surface area contributed by atoms with E-state index in [0.717, 1.165) is 39.4 Å². The smallest absolute Gasteiger partial charge is 0.306 e. The molecule has 0 amide bonds. The number of fused-ring (bicyclic) bond motifs is 2. The Labute approximate surface area is 270 Å². The maximum atomic E-state index is 12.7. The van der Waals surface area contributed by atoms with Crippen LogP contribution in [0.15, 0.2) is 36.4 Å². The molecule has 0 unspecified atom stereocenters. The molecule has 240 valence electrons. The van der Waals surface area contributed by atoms with E-state index in [0.29, 0.717) is 46.0 Å². The van der Waals surface area contributed by atoms with Crippen LogP contribution in [-0.2, 0) is 9.59 Å². The number of methoxy groups -OCH3 is 2. The lowest BCUT2D eigenvalue weighted by Crippen LogP contribution is -2.13. The Hall–Kier alpha value is -3.96. The number of unbranched alkanes of at least 4 members (excludes halogenated alkanes) is 2. The molecule has 1 N–H and O–H groups in total. The van der Waals surface area contributed by atoms with Crippen molar-refractivity contribution < 1.29 is 43.2 Å². The first-order valence-electron chi connectivity index (χ1n) is 14.8. The Morgan fingerprint density at radius 1 is 0.667 bits per heavy atom. The molecule has 11 heteroatoms. The molecule has 0 aliphatic heterocycles. The van der Waals surface area contributed by atoms with E-state index in [1.54, 1.807) is 27.2 Å². The second kappa shape index (κ2) is 15.4. The van der Waals surface area contributed by atoms with Crippen molar-refractivity contribution in [1.82, 2.24) is 0 Å². The molecule has 0 aliphatic rings. The maximum Gasteiger partial charge on any atom is 0.306 e. The van der Waals surface area contributed by atoms with Gasteiger partial charge in [0.1, 0.15) is 5.78 Å². The van der Waals surface area contributed by atoms with Crippen LogP contribution in [-0.4, -0.2) is 55.9 Å². The number of thiophene rings is 2. The fourth-order valence-corrected chi connectivity index (χ4v) is 6.69. The first-order chi connectivity index (χ1) is 21.5. The number of ketones is 3. The molecule has 0 aliphatic carbocycles. The SMILES string of the molecule is COc1cc2sc(C(=O)C[C@H](C)C(C)=O)cc2cc1OCCCCCOc1cc2cc(C(=O)C[C@H](C)C(=O)O)sc2cc1OC. The van der Waals surface area contributed by atoms with Gasteiger partial charge in [-0.3, -0.25) is 19.2 Å². The van der Waals surface area contributed by atoms with Gasteiger partial charge < -0.3 is 24.1 Å². The standard InChI is InChI=1S/C34H38O9S2/c1-19(21(3)35)11-24(36)32-15-22-13-28(26(40-4)17-30(22)44-32)42-9-7-6-8-10-43-29-14-23-16-33(25(37)12-20(2)34(38)39)45-31(23)18-27(29)41-5/h13-20H,6-12H2,1-5H3,(H,38,39)/t19-,20-/m0/s1. The average molecular weight is 655 g/mol. The van der Waals surface area contributed by atoms with Crippen molar-refractivity contribution in [2.45, 2.75) is 52.9 Å². The first kappa shape index (κ1) is 33.9. The van der Waals surface area contributed by atoms with Gasteiger partial charge in [-0.05, 0) is 61.2 Å². The minimum Gasteiger partial charge on any atom is -0.493 e. The van der Waals surface area contributed by atoms with Crippen LogP contribution in [0.5, 0.6) is 23.0 Å². The fraction of sp³-hybridized carbons (Fsp3) is 0.412. The second-order valence-electron chi connectivity index (χ2n) is 11.1. The summed E-state index contributed by atoms with van der Waals surface area (Å²) in [6.07, 6.45) is 2.59. The van der Waals surface area contributed by atoms with Gasteiger partial charge in [-0.15, -0.1) is 22.7 Å². The molecule has 0 spiro atoms. The number of hydrogen-bond acceptors (Lipinski definition) is 10. The lowest BCUT2D eigenvalue weighted by Gasteiger charge is -2.12. The van der Waals surface area contributed by atoms with Crippen molar-refractivity contribution >= 4 is 66.2 Å². The summed E-state index contributed by atoms with van der Waals surface area (Å²) in [6.45, 7) is 5.75. The highest BCUT2D eigenvalue weighted by Gasteiger charge is 2.20. The van der Waals surface area contributed by atoms with E-state index in [4.69, 9.17) is 24.1 Å². The zero-order valence-electron chi connectivity index (χ0n) is 26.1.